The molecule has 1 aliphatic heterocycles. The Morgan fingerprint density at radius 3 is 2.60 bits per heavy atom. The molecule has 0 bridgehead atoms. The number of hydrogen-bond donors (Lipinski definition) is 1. The van der Waals surface area contributed by atoms with E-state index in [2.05, 4.69) is 21.8 Å². The van der Waals surface area contributed by atoms with Crippen molar-refractivity contribution in [2.75, 3.05) is 38.1 Å². The quantitative estimate of drug-likeness (QED) is 0.540. The Labute approximate surface area is 171 Å². The van der Waals surface area contributed by atoms with E-state index in [1.165, 1.54) is 6.20 Å². The molecule has 0 amide bonds. The van der Waals surface area contributed by atoms with Crippen LogP contribution < -0.4 is 10.3 Å². The lowest BCUT2D eigenvalue weighted by Crippen LogP contribution is -2.30. The largest absolute Gasteiger partial charge is 0.477 e. The fraction of sp³-hybridized carbons (Fsp3) is 0.333. The van der Waals surface area contributed by atoms with Gasteiger partial charge in [-0.3, -0.25) is 9.20 Å². The van der Waals surface area contributed by atoms with Crippen LogP contribution in [0.15, 0.2) is 35.3 Å². The summed E-state index contributed by atoms with van der Waals surface area (Å²) < 4.78 is 3.51. The molecule has 1 aromatic carbocycles. The normalized spacial score (nSPS) is 15.9. The molecule has 1 fully saturated rings. The predicted molar refractivity (Wildman–Crippen MR) is 115 cm³/mol. The SMILES string of the molecule is CN1CCCN(c2ncc3c(=O)c(C(=O)O)c4n(C)c5ccccc5n4c3n2)CC1. The zero-order valence-corrected chi connectivity index (χ0v) is 16.9. The first-order valence-corrected chi connectivity index (χ1v) is 9.93. The van der Waals surface area contributed by atoms with Gasteiger partial charge in [0.1, 0.15) is 11.2 Å². The average molecular weight is 406 g/mol. The highest BCUT2D eigenvalue weighted by Crippen LogP contribution is 2.26. The number of benzene rings is 1. The number of nitrogens with zero attached hydrogens (tertiary/aromatic N) is 6. The number of carboxylic acids is 1. The molecule has 30 heavy (non-hydrogen) atoms. The second kappa shape index (κ2) is 6.81. The summed E-state index contributed by atoms with van der Waals surface area (Å²) in [6.45, 7) is 3.54. The standard InChI is InChI=1S/C21H22N6O3/c1-24-8-5-9-26(11-10-24)21-22-12-13-17(28)16(20(29)30)19-25(2)14-6-3-4-7-15(14)27(19)18(13)23-21/h3-4,6-7,12H,5,8-11H2,1-2H3,(H,29,30). The topological polar surface area (TPSA) is 96.0 Å². The summed E-state index contributed by atoms with van der Waals surface area (Å²) in [7, 11) is 3.86. The van der Waals surface area contributed by atoms with Gasteiger partial charge in [-0.15, -0.1) is 0 Å². The van der Waals surface area contributed by atoms with Gasteiger partial charge in [0.05, 0.1) is 16.4 Å². The Balaban J connectivity index is 1.87. The Morgan fingerprint density at radius 1 is 1.07 bits per heavy atom. The molecule has 1 aliphatic rings. The van der Waals surface area contributed by atoms with Crippen LogP contribution >= 0.6 is 0 Å². The van der Waals surface area contributed by atoms with Gasteiger partial charge in [-0.25, -0.2) is 9.78 Å². The molecule has 154 valence electrons. The van der Waals surface area contributed by atoms with Crippen molar-refractivity contribution >= 4 is 39.6 Å². The van der Waals surface area contributed by atoms with Crippen LogP contribution in [0.2, 0.25) is 0 Å². The number of hydrogen-bond acceptors (Lipinski definition) is 6. The number of carboxylic acid groups (broad SMARTS) is 1. The first-order chi connectivity index (χ1) is 14.5. The van der Waals surface area contributed by atoms with Crippen molar-refractivity contribution in [1.29, 1.82) is 0 Å². The van der Waals surface area contributed by atoms with Crippen LogP contribution in [0.4, 0.5) is 5.95 Å². The molecule has 4 heterocycles. The number of carbonyl (C=O) groups is 1. The number of aromatic nitrogens is 4. The lowest BCUT2D eigenvalue weighted by Gasteiger charge is -2.20. The Kier molecular flexibility index (Phi) is 4.21. The van der Waals surface area contributed by atoms with Crippen LogP contribution in [0, 0.1) is 0 Å². The summed E-state index contributed by atoms with van der Waals surface area (Å²) in [5.41, 5.74) is 1.53. The van der Waals surface area contributed by atoms with Crippen LogP contribution in [0.3, 0.4) is 0 Å². The minimum Gasteiger partial charge on any atom is -0.477 e. The second-order valence-electron chi connectivity index (χ2n) is 7.77. The van der Waals surface area contributed by atoms with Gasteiger partial charge < -0.3 is 19.5 Å². The molecule has 0 radical (unpaired) electrons. The molecule has 3 aromatic heterocycles. The molecule has 0 aliphatic carbocycles. The number of likely N-dealkylation sites (N-methyl/N-ethyl adjacent to an activating group) is 1. The van der Waals surface area contributed by atoms with Crippen molar-refractivity contribution in [3.63, 3.8) is 0 Å². The van der Waals surface area contributed by atoms with E-state index < -0.39 is 11.4 Å². The van der Waals surface area contributed by atoms with E-state index in [-0.39, 0.29) is 10.9 Å². The molecule has 5 rings (SSSR count). The maximum Gasteiger partial charge on any atom is 0.343 e. The van der Waals surface area contributed by atoms with E-state index in [9.17, 15) is 14.7 Å². The summed E-state index contributed by atoms with van der Waals surface area (Å²) in [4.78, 5) is 38.7. The van der Waals surface area contributed by atoms with E-state index in [0.717, 1.165) is 43.6 Å². The van der Waals surface area contributed by atoms with Crippen LogP contribution in [-0.4, -0.2) is 68.1 Å². The smallest absolute Gasteiger partial charge is 0.343 e. The Morgan fingerprint density at radius 2 is 1.83 bits per heavy atom. The number of para-hydroxylation sites is 2. The highest BCUT2D eigenvalue weighted by Gasteiger charge is 2.25. The molecule has 0 saturated carbocycles. The van der Waals surface area contributed by atoms with Crippen molar-refractivity contribution in [1.82, 2.24) is 23.8 Å². The van der Waals surface area contributed by atoms with Crippen molar-refractivity contribution < 1.29 is 9.90 Å². The van der Waals surface area contributed by atoms with Gasteiger partial charge in [-0.05, 0) is 32.1 Å². The summed E-state index contributed by atoms with van der Waals surface area (Å²) in [6, 6.07) is 7.58. The third kappa shape index (κ3) is 2.66. The maximum atomic E-state index is 13.1. The van der Waals surface area contributed by atoms with Crippen molar-refractivity contribution in [2.45, 2.75) is 6.42 Å². The predicted octanol–water partition coefficient (Wildman–Crippen LogP) is 1.57. The summed E-state index contributed by atoms with van der Waals surface area (Å²) in [5, 5.41) is 10.0. The van der Waals surface area contributed by atoms with Gasteiger partial charge in [0, 0.05) is 32.9 Å². The van der Waals surface area contributed by atoms with E-state index >= 15 is 0 Å². The fourth-order valence-electron chi connectivity index (χ4n) is 4.33. The first-order valence-electron chi connectivity index (χ1n) is 9.93. The van der Waals surface area contributed by atoms with E-state index in [1.807, 2.05) is 24.3 Å². The van der Waals surface area contributed by atoms with Crippen LogP contribution in [0.5, 0.6) is 0 Å². The average Bonchev–Trinajstić information content (AvgIpc) is 2.87. The zero-order chi connectivity index (χ0) is 21.0. The number of aryl methyl sites for hydroxylation is 1. The summed E-state index contributed by atoms with van der Waals surface area (Å²) in [6.07, 6.45) is 2.47. The van der Waals surface area contributed by atoms with Crippen molar-refractivity contribution in [3.05, 3.63) is 46.2 Å². The van der Waals surface area contributed by atoms with E-state index in [1.54, 1.807) is 16.0 Å². The molecule has 9 heteroatoms. The molecular formula is C21H22N6O3. The third-order valence-corrected chi connectivity index (χ3v) is 5.89. The number of pyridine rings is 1. The second-order valence-corrected chi connectivity index (χ2v) is 7.77. The zero-order valence-electron chi connectivity index (χ0n) is 16.9. The lowest BCUT2D eigenvalue weighted by molar-refractivity contribution is 0.0697. The lowest BCUT2D eigenvalue weighted by atomic mass is 10.2. The molecule has 0 spiro atoms. The van der Waals surface area contributed by atoms with Gasteiger partial charge in [0.2, 0.25) is 11.4 Å². The van der Waals surface area contributed by atoms with Gasteiger partial charge in [-0.2, -0.15) is 4.98 Å². The monoisotopic (exact) mass is 406 g/mol. The van der Waals surface area contributed by atoms with Gasteiger partial charge >= 0.3 is 5.97 Å². The van der Waals surface area contributed by atoms with Gasteiger partial charge in [0.25, 0.3) is 0 Å². The van der Waals surface area contributed by atoms with E-state index in [0.29, 0.717) is 17.2 Å². The number of anilines is 1. The first kappa shape index (κ1) is 18.6. The summed E-state index contributed by atoms with van der Waals surface area (Å²) >= 11 is 0. The van der Waals surface area contributed by atoms with Crippen LogP contribution in [0.1, 0.15) is 16.8 Å². The minimum absolute atomic E-state index is 0.206. The number of rotatable bonds is 2. The van der Waals surface area contributed by atoms with Crippen LogP contribution in [0.25, 0.3) is 27.7 Å². The highest BCUT2D eigenvalue weighted by atomic mass is 16.4. The number of fused-ring (bicyclic) bond motifs is 5. The maximum absolute atomic E-state index is 13.1. The van der Waals surface area contributed by atoms with Crippen molar-refractivity contribution in [2.24, 2.45) is 7.05 Å². The molecule has 4 aromatic rings. The molecule has 1 N–H and O–H groups in total. The number of imidazole rings is 1. The Hall–Kier alpha value is -3.46. The fourth-order valence-corrected chi connectivity index (χ4v) is 4.33. The number of aromatic carboxylic acids is 1. The molecule has 0 unspecified atom stereocenters. The van der Waals surface area contributed by atoms with Gasteiger partial charge in [-0.1, -0.05) is 12.1 Å². The molecule has 9 nitrogen and oxygen atoms in total. The van der Waals surface area contributed by atoms with Gasteiger partial charge in [0.15, 0.2) is 5.65 Å². The molecule has 1 saturated heterocycles. The molecular weight excluding hydrogens is 384 g/mol. The minimum atomic E-state index is -1.26. The third-order valence-electron chi connectivity index (χ3n) is 5.89. The van der Waals surface area contributed by atoms with E-state index in [4.69, 9.17) is 4.98 Å². The van der Waals surface area contributed by atoms with Crippen molar-refractivity contribution in [3.8, 4) is 0 Å². The highest BCUT2D eigenvalue weighted by molar-refractivity contribution is 6.02. The molecule has 0 atom stereocenters. The summed E-state index contributed by atoms with van der Waals surface area (Å²) in [5.74, 6) is -0.702. The Bertz CT molecular complexity index is 1370. The van der Waals surface area contributed by atoms with Crippen LogP contribution in [-0.2, 0) is 7.05 Å².